The van der Waals surface area contributed by atoms with Crippen LogP contribution < -0.4 is 5.73 Å². The molecular formula is C10H15I3NV. The number of halogens is 3. The van der Waals surface area contributed by atoms with E-state index in [0.717, 1.165) is 5.69 Å². The standard InChI is InChI=1S/C10H15N.3HI.V/c1-6-5-10(11)9(4)8(3)7(6)2;;;;/h5H,11H2,1-4H3;3*1H;/q;;;;+3/p-3. The monoisotopic (exact) mass is 581 g/mol. The van der Waals surface area contributed by atoms with Gasteiger partial charge in [0.1, 0.15) is 0 Å². The van der Waals surface area contributed by atoms with E-state index in [0.29, 0.717) is 0 Å². The maximum atomic E-state index is 5.79. The van der Waals surface area contributed by atoms with Gasteiger partial charge in [-0.05, 0) is 56.0 Å². The number of nitrogen functional groups attached to an aromatic ring is 1. The Kier molecular flexibility index (Phi) is 8.95. The fourth-order valence-electron chi connectivity index (χ4n) is 1.24. The van der Waals surface area contributed by atoms with Crippen LogP contribution in [0.4, 0.5) is 5.69 Å². The number of nitrogens with two attached hydrogens (primary N) is 1. The van der Waals surface area contributed by atoms with E-state index >= 15 is 0 Å². The van der Waals surface area contributed by atoms with Gasteiger partial charge in [0.2, 0.25) is 0 Å². The van der Waals surface area contributed by atoms with Gasteiger partial charge in [-0.15, -0.1) is 0 Å². The second-order valence-electron chi connectivity index (χ2n) is 3.35. The van der Waals surface area contributed by atoms with Gasteiger partial charge in [0.05, 0.1) is 0 Å². The molecule has 86 valence electrons. The van der Waals surface area contributed by atoms with Crippen LogP contribution in [0, 0.1) is 27.7 Å². The minimum absolute atomic E-state index is 0.278. The third-order valence-electron chi connectivity index (χ3n) is 2.52. The van der Waals surface area contributed by atoms with Crippen LogP contribution in [0.15, 0.2) is 6.07 Å². The molecule has 0 heterocycles. The van der Waals surface area contributed by atoms with Crippen LogP contribution in [0.5, 0.6) is 0 Å². The number of benzene rings is 1. The van der Waals surface area contributed by atoms with E-state index in [-0.39, 0.29) is 4.92 Å². The molecule has 0 aliphatic carbocycles. The third-order valence-corrected chi connectivity index (χ3v) is 2.52. The van der Waals surface area contributed by atoms with Crippen molar-refractivity contribution < 1.29 is 4.92 Å². The van der Waals surface area contributed by atoms with Crippen LogP contribution in [-0.4, -0.2) is 0 Å². The van der Waals surface area contributed by atoms with Crippen LogP contribution in [0.3, 0.4) is 0 Å². The molecule has 0 bridgehead atoms. The Balaban J connectivity index is 0.000000423. The average molecular weight is 581 g/mol. The number of hydrogen-bond donors (Lipinski definition) is 1. The zero-order valence-corrected chi connectivity index (χ0v) is 17.1. The Morgan fingerprint density at radius 3 is 1.73 bits per heavy atom. The van der Waals surface area contributed by atoms with Crippen LogP contribution in [0.1, 0.15) is 22.3 Å². The summed E-state index contributed by atoms with van der Waals surface area (Å²) in [6.07, 6.45) is 0. The summed E-state index contributed by atoms with van der Waals surface area (Å²) in [6.45, 7) is 8.42. The molecule has 0 saturated carbocycles. The van der Waals surface area contributed by atoms with Gasteiger partial charge in [-0.2, -0.15) is 0 Å². The minimum atomic E-state index is -0.278. The molecular weight excluding hydrogens is 566 g/mol. The van der Waals surface area contributed by atoms with Crippen LogP contribution in [0.2, 0.25) is 0 Å². The van der Waals surface area contributed by atoms with Gasteiger partial charge in [0, 0.05) is 5.69 Å². The van der Waals surface area contributed by atoms with E-state index in [1.54, 1.807) is 0 Å². The van der Waals surface area contributed by atoms with Crippen molar-refractivity contribution in [2.45, 2.75) is 27.7 Å². The summed E-state index contributed by atoms with van der Waals surface area (Å²) in [7, 11) is 0. The molecule has 0 atom stereocenters. The molecule has 0 unspecified atom stereocenters. The Labute approximate surface area is 130 Å². The molecule has 1 nitrogen and oxygen atoms in total. The zero-order chi connectivity index (χ0) is 12.2. The van der Waals surface area contributed by atoms with Crippen molar-refractivity contribution in [2.75, 3.05) is 5.73 Å². The fourth-order valence-corrected chi connectivity index (χ4v) is 1.24. The molecule has 0 aliphatic heterocycles. The first-order valence-corrected chi connectivity index (χ1v) is 17.9. The topological polar surface area (TPSA) is 26.0 Å². The van der Waals surface area contributed by atoms with Crippen molar-refractivity contribution in [1.82, 2.24) is 0 Å². The first-order valence-electron chi connectivity index (χ1n) is 4.37. The predicted octanol–water partition coefficient (Wildman–Crippen LogP) is 5.16. The van der Waals surface area contributed by atoms with Crippen molar-refractivity contribution in [1.29, 1.82) is 0 Å². The van der Waals surface area contributed by atoms with Crippen LogP contribution in [-0.2, 0) is 4.92 Å². The molecule has 2 N–H and O–H groups in total. The van der Waals surface area contributed by atoms with E-state index in [1.807, 2.05) is 6.07 Å². The van der Waals surface area contributed by atoms with Gasteiger partial charge in [0.25, 0.3) is 0 Å². The molecule has 0 spiro atoms. The van der Waals surface area contributed by atoms with Gasteiger partial charge >= 0.3 is 64.9 Å². The molecule has 5 heteroatoms. The molecule has 0 saturated heterocycles. The van der Waals surface area contributed by atoms with Gasteiger partial charge in [0.15, 0.2) is 0 Å². The molecule has 0 aliphatic rings. The molecule has 1 aromatic rings. The van der Waals surface area contributed by atoms with Crippen LogP contribution >= 0.6 is 59.9 Å². The average Bonchev–Trinajstić information content (AvgIpc) is 2.11. The first-order chi connectivity index (χ1) is 6.77. The van der Waals surface area contributed by atoms with E-state index < -0.39 is 0 Å². The summed E-state index contributed by atoms with van der Waals surface area (Å²) in [5.41, 5.74) is 11.9. The van der Waals surface area contributed by atoms with Crippen molar-refractivity contribution in [3.05, 3.63) is 28.3 Å². The Bertz CT molecular complexity index is 311. The SMILES string of the molecule is Cc1cc(N)c(C)c(C)c1C.[I][V]([I])[I]. The van der Waals surface area contributed by atoms with E-state index in [4.69, 9.17) is 5.73 Å². The van der Waals surface area contributed by atoms with E-state index in [2.05, 4.69) is 87.6 Å². The molecule has 15 heavy (non-hydrogen) atoms. The summed E-state index contributed by atoms with van der Waals surface area (Å²) in [6, 6.07) is 2.04. The number of aryl methyl sites for hydroxylation is 1. The molecule has 0 amide bonds. The Hall–Kier alpha value is 1.79. The summed E-state index contributed by atoms with van der Waals surface area (Å²) in [4.78, 5) is -0.278. The van der Waals surface area contributed by atoms with E-state index in [1.165, 1.54) is 22.3 Å². The fraction of sp³-hybridized carbons (Fsp3) is 0.400. The summed E-state index contributed by atoms with van der Waals surface area (Å²) < 4.78 is 0. The normalized spacial score (nSPS) is 9.87. The van der Waals surface area contributed by atoms with Crippen LogP contribution in [0.25, 0.3) is 0 Å². The molecule has 0 radical (unpaired) electrons. The number of hydrogen-bond acceptors (Lipinski definition) is 1. The Morgan fingerprint density at radius 1 is 0.933 bits per heavy atom. The van der Waals surface area contributed by atoms with Gasteiger partial charge in [-0.3, -0.25) is 0 Å². The first kappa shape index (κ1) is 16.8. The van der Waals surface area contributed by atoms with Gasteiger partial charge in [-0.25, -0.2) is 0 Å². The zero-order valence-electron chi connectivity index (χ0n) is 9.24. The van der Waals surface area contributed by atoms with Crippen molar-refractivity contribution >= 4 is 65.6 Å². The molecule has 0 aromatic heterocycles. The second-order valence-corrected chi connectivity index (χ2v) is 38.7. The Morgan fingerprint density at radius 2 is 1.33 bits per heavy atom. The van der Waals surface area contributed by atoms with E-state index in [9.17, 15) is 0 Å². The quantitative estimate of drug-likeness (QED) is 0.333. The molecule has 1 rings (SSSR count). The third kappa shape index (κ3) is 6.33. The predicted molar refractivity (Wildman–Crippen MR) is 91.9 cm³/mol. The summed E-state index contributed by atoms with van der Waals surface area (Å²) in [5, 5.41) is 0. The van der Waals surface area contributed by atoms with Crippen molar-refractivity contribution in [3.8, 4) is 0 Å². The van der Waals surface area contributed by atoms with Crippen molar-refractivity contribution in [2.24, 2.45) is 0 Å². The maximum absolute atomic E-state index is 5.79. The number of anilines is 1. The molecule has 0 fully saturated rings. The van der Waals surface area contributed by atoms with Crippen molar-refractivity contribution in [3.63, 3.8) is 0 Å². The van der Waals surface area contributed by atoms with Gasteiger partial charge in [-0.1, -0.05) is 0 Å². The number of rotatable bonds is 0. The summed E-state index contributed by atoms with van der Waals surface area (Å²) in [5.74, 6) is 0. The summed E-state index contributed by atoms with van der Waals surface area (Å²) >= 11 is 7.39. The molecule has 1 aromatic carbocycles. The second kappa shape index (κ2) is 7.99. The van der Waals surface area contributed by atoms with Gasteiger partial charge < -0.3 is 5.73 Å².